The lowest BCUT2D eigenvalue weighted by Crippen LogP contribution is -2.26. The van der Waals surface area contributed by atoms with E-state index >= 15 is 0 Å². The molecular formula is C22H16F2N2O5. The van der Waals surface area contributed by atoms with Crippen molar-refractivity contribution in [1.29, 1.82) is 0 Å². The second-order valence-corrected chi connectivity index (χ2v) is 6.59. The molecule has 0 aliphatic carbocycles. The fraction of sp³-hybridized carbons (Fsp3) is 0.0909. The Bertz CT molecular complexity index is 1150. The fourth-order valence-electron chi connectivity index (χ4n) is 2.80. The number of nitro groups is 1. The summed E-state index contributed by atoms with van der Waals surface area (Å²) in [4.78, 5) is 36.1. The molecule has 0 bridgehead atoms. The van der Waals surface area contributed by atoms with Crippen LogP contribution in [0, 0.1) is 28.7 Å². The predicted molar refractivity (Wildman–Crippen MR) is 107 cm³/mol. The molecule has 0 aliphatic rings. The zero-order valence-corrected chi connectivity index (χ0v) is 16.2. The highest BCUT2D eigenvalue weighted by Gasteiger charge is 2.28. The third kappa shape index (κ3) is 5.08. The topological polar surface area (TPSA) is 98.5 Å². The highest BCUT2D eigenvalue weighted by atomic mass is 19.2. The van der Waals surface area contributed by atoms with E-state index in [0.29, 0.717) is 11.6 Å². The zero-order chi connectivity index (χ0) is 22.5. The smallest absolute Gasteiger partial charge is 0.339 e. The van der Waals surface area contributed by atoms with Gasteiger partial charge in [0.2, 0.25) is 6.10 Å². The number of anilines is 1. The molecule has 3 aromatic rings. The Kier molecular flexibility index (Phi) is 6.35. The van der Waals surface area contributed by atoms with Gasteiger partial charge in [0, 0.05) is 11.6 Å². The van der Waals surface area contributed by atoms with Gasteiger partial charge in [-0.05, 0) is 36.8 Å². The van der Waals surface area contributed by atoms with Crippen LogP contribution in [0.4, 0.5) is 20.2 Å². The molecule has 7 nitrogen and oxygen atoms in total. The van der Waals surface area contributed by atoms with Crippen LogP contribution in [0.3, 0.4) is 0 Å². The van der Waals surface area contributed by atoms with Gasteiger partial charge in [0.1, 0.15) is 5.69 Å². The van der Waals surface area contributed by atoms with Crippen molar-refractivity contribution in [3.8, 4) is 0 Å². The Hall–Kier alpha value is -4.14. The first-order valence-electron chi connectivity index (χ1n) is 9.03. The van der Waals surface area contributed by atoms with E-state index in [1.165, 1.54) is 24.3 Å². The lowest BCUT2D eigenvalue weighted by atomic mass is 10.1. The molecule has 0 fully saturated rings. The number of rotatable bonds is 6. The highest BCUT2D eigenvalue weighted by Crippen LogP contribution is 2.28. The third-order valence-corrected chi connectivity index (χ3v) is 4.33. The quantitative estimate of drug-likeness (QED) is 0.349. The van der Waals surface area contributed by atoms with Gasteiger partial charge in [-0.2, -0.15) is 0 Å². The lowest BCUT2D eigenvalue weighted by Gasteiger charge is -2.18. The third-order valence-electron chi connectivity index (χ3n) is 4.33. The van der Waals surface area contributed by atoms with Crippen LogP contribution in [0.15, 0.2) is 66.7 Å². The number of ether oxygens (including phenoxy) is 1. The number of amides is 1. The Balaban J connectivity index is 1.91. The summed E-state index contributed by atoms with van der Waals surface area (Å²) in [6.45, 7) is 1.66. The average Bonchev–Trinajstić information content (AvgIpc) is 2.75. The van der Waals surface area contributed by atoms with E-state index in [2.05, 4.69) is 5.32 Å². The van der Waals surface area contributed by atoms with Gasteiger partial charge in [0.15, 0.2) is 11.6 Å². The van der Waals surface area contributed by atoms with E-state index in [1.54, 1.807) is 31.2 Å². The van der Waals surface area contributed by atoms with Crippen molar-refractivity contribution >= 4 is 23.3 Å². The standard InChI is InChI=1S/C22H16F2N2O5/c1-13-7-10-18(19(11-13)26(29)30)25-21(27)20(14-5-3-2-4-6-14)31-22(28)15-8-9-16(23)17(24)12-15/h2-12,20H,1H3,(H,25,27). The molecule has 0 heterocycles. The van der Waals surface area contributed by atoms with Crippen LogP contribution >= 0.6 is 0 Å². The van der Waals surface area contributed by atoms with Gasteiger partial charge in [0.25, 0.3) is 11.6 Å². The molecule has 1 unspecified atom stereocenters. The Morgan fingerprint density at radius 2 is 1.71 bits per heavy atom. The summed E-state index contributed by atoms with van der Waals surface area (Å²) in [6, 6.07) is 14.6. The lowest BCUT2D eigenvalue weighted by molar-refractivity contribution is -0.384. The van der Waals surface area contributed by atoms with Crippen molar-refractivity contribution in [3.05, 3.63) is 105 Å². The Labute approximate surface area is 175 Å². The molecule has 9 heteroatoms. The van der Waals surface area contributed by atoms with Gasteiger partial charge in [-0.15, -0.1) is 0 Å². The van der Waals surface area contributed by atoms with Crippen molar-refractivity contribution in [1.82, 2.24) is 0 Å². The second kappa shape index (κ2) is 9.12. The summed E-state index contributed by atoms with van der Waals surface area (Å²) in [6.07, 6.45) is -1.50. The molecule has 0 saturated carbocycles. The predicted octanol–water partition coefficient (Wildman–Crippen LogP) is 4.72. The van der Waals surface area contributed by atoms with Crippen molar-refractivity contribution in [2.45, 2.75) is 13.0 Å². The molecule has 3 aromatic carbocycles. The van der Waals surface area contributed by atoms with Crippen molar-refractivity contribution in [3.63, 3.8) is 0 Å². The molecule has 1 N–H and O–H groups in total. The van der Waals surface area contributed by atoms with Crippen LogP contribution in [0.2, 0.25) is 0 Å². The van der Waals surface area contributed by atoms with Crippen molar-refractivity contribution in [2.75, 3.05) is 5.32 Å². The number of aryl methyl sites for hydroxylation is 1. The molecule has 1 amide bonds. The number of nitrogens with zero attached hydrogens (tertiary/aromatic N) is 1. The number of hydrogen-bond donors (Lipinski definition) is 1. The summed E-state index contributed by atoms with van der Waals surface area (Å²) < 4.78 is 31.9. The minimum Gasteiger partial charge on any atom is -0.444 e. The molecule has 31 heavy (non-hydrogen) atoms. The van der Waals surface area contributed by atoms with Gasteiger partial charge >= 0.3 is 5.97 Å². The van der Waals surface area contributed by atoms with Crippen LogP contribution in [0.1, 0.15) is 27.6 Å². The Morgan fingerprint density at radius 3 is 2.35 bits per heavy atom. The number of benzene rings is 3. The maximum absolute atomic E-state index is 13.5. The molecule has 0 saturated heterocycles. The molecule has 0 aliphatic heterocycles. The minimum atomic E-state index is -1.50. The summed E-state index contributed by atoms with van der Waals surface area (Å²) in [7, 11) is 0. The first-order chi connectivity index (χ1) is 14.8. The summed E-state index contributed by atoms with van der Waals surface area (Å²) in [5, 5.41) is 13.7. The van der Waals surface area contributed by atoms with Crippen LogP contribution < -0.4 is 5.32 Å². The molecule has 0 aromatic heterocycles. The number of hydrogen-bond acceptors (Lipinski definition) is 5. The van der Waals surface area contributed by atoms with Crippen LogP contribution in [0.5, 0.6) is 0 Å². The normalized spacial score (nSPS) is 11.5. The van der Waals surface area contributed by atoms with E-state index in [9.17, 15) is 28.5 Å². The SMILES string of the molecule is Cc1ccc(NC(=O)C(OC(=O)c2ccc(F)c(F)c2)c2ccccc2)c([N+](=O)[O-])c1. The highest BCUT2D eigenvalue weighted by molar-refractivity contribution is 5.99. The van der Waals surface area contributed by atoms with Crippen molar-refractivity contribution < 1.29 is 28.0 Å². The summed E-state index contributed by atoms with van der Waals surface area (Å²) in [5.74, 6) is -4.30. The second-order valence-electron chi connectivity index (χ2n) is 6.59. The van der Waals surface area contributed by atoms with E-state index in [0.717, 1.165) is 12.1 Å². The molecular weight excluding hydrogens is 410 g/mol. The first-order valence-corrected chi connectivity index (χ1v) is 9.03. The van der Waals surface area contributed by atoms with Gasteiger partial charge in [-0.3, -0.25) is 14.9 Å². The maximum atomic E-state index is 13.5. The van der Waals surface area contributed by atoms with Crippen LogP contribution in [-0.2, 0) is 9.53 Å². The monoisotopic (exact) mass is 426 g/mol. The first kappa shape index (κ1) is 21.6. The van der Waals surface area contributed by atoms with Crippen molar-refractivity contribution in [2.24, 2.45) is 0 Å². The number of carbonyl (C=O) groups is 2. The minimum absolute atomic E-state index is 0.0783. The Morgan fingerprint density at radius 1 is 1.00 bits per heavy atom. The van der Waals surface area contributed by atoms with Gasteiger partial charge in [-0.25, -0.2) is 13.6 Å². The van der Waals surface area contributed by atoms with E-state index < -0.39 is 34.5 Å². The zero-order valence-electron chi connectivity index (χ0n) is 16.2. The number of halogens is 2. The molecule has 1 atom stereocenters. The molecule has 0 radical (unpaired) electrons. The largest absolute Gasteiger partial charge is 0.444 e. The number of nitrogens with one attached hydrogen (secondary N) is 1. The van der Waals surface area contributed by atoms with Gasteiger partial charge < -0.3 is 10.1 Å². The number of esters is 1. The van der Waals surface area contributed by atoms with Crippen LogP contribution in [-0.4, -0.2) is 16.8 Å². The number of carbonyl (C=O) groups excluding carboxylic acids is 2. The maximum Gasteiger partial charge on any atom is 0.339 e. The summed E-state index contributed by atoms with van der Waals surface area (Å²) >= 11 is 0. The van der Waals surface area contributed by atoms with Gasteiger partial charge in [0.05, 0.1) is 10.5 Å². The van der Waals surface area contributed by atoms with E-state index in [4.69, 9.17) is 4.74 Å². The molecule has 3 rings (SSSR count). The van der Waals surface area contributed by atoms with Crippen LogP contribution in [0.25, 0.3) is 0 Å². The van der Waals surface area contributed by atoms with Gasteiger partial charge in [-0.1, -0.05) is 36.4 Å². The van der Waals surface area contributed by atoms with E-state index in [1.807, 2.05) is 0 Å². The molecule has 158 valence electrons. The average molecular weight is 426 g/mol. The summed E-state index contributed by atoms with van der Waals surface area (Å²) in [5.41, 5.74) is 0.200. The van der Waals surface area contributed by atoms with E-state index in [-0.39, 0.29) is 22.5 Å². The number of nitro benzene ring substituents is 1. The molecule has 0 spiro atoms. The fourth-order valence-corrected chi connectivity index (χ4v) is 2.80.